The summed E-state index contributed by atoms with van der Waals surface area (Å²) in [5.74, 6) is 0.737. The van der Waals surface area contributed by atoms with E-state index in [-0.39, 0.29) is 0 Å². The molecule has 2 unspecified atom stereocenters. The quantitative estimate of drug-likeness (QED) is 0.844. The van der Waals surface area contributed by atoms with Crippen LogP contribution in [-0.2, 0) is 0 Å². The minimum Gasteiger partial charge on any atom is -0.311 e. The molecule has 0 amide bonds. The lowest BCUT2D eigenvalue weighted by Gasteiger charge is -2.45. The van der Waals surface area contributed by atoms with E-state index >= 15 is 0 Å². The maximum Gasteiger partial charge on any atom is 0.0244 e. The number of piperazine rings is 1. The number of hydrogen-bond acceptors (Lipinski definition) is 2. The highest BCUT2D eigenvalue weighted by atomic mass is 35.5. The lowest BCUT2D eigenvalue weighted by atomic mass is 9.84. The molecule has 0 aromatic carbocycles. The van der Waals surface area contributed by atoms with Crippen LogP contribution in [0.25, 0.3) is 0 Å². The Labute approximate surface area is 124 Å². The Kier molecular flexibility index (Phi) is 6.35. The predicted octanol–water partition coefficient (Wildman–Crippen LogP) is 3.86. The lowest BCUT2D eigenvalue weighted by Crippen LogP contribution is -2.60. The third-order valence-corrected chi connectivity index (χ3v) is 4.33. The van der Waals surface area contributed by atoms with Crippen LogP contribution in [0.2, 0.25) is 0 Å². The summed E-state index contributed by atoms with van der Waals surface area (Å²) in [7, 11) is 0. The van der Waals surface area contributed by atoms with Gasteiger partial charge in [0, 0.05) is 37.3 Å². The molecule has 0 radical (unpaired) electrons. The van der Waals surface area contributed by atoms with Crippen molar-refractivity contribution in [2.24, 2.45) is 11.3 Å². The van der Waals surface area contributed by atoms with Gasteiger partial charge in [-0.3, -0.25) is 4.90 Å². The molecule has 1 heterocycles. The van der Waals surface area contributed by atoms with Gasteiger partial charge in [-0.05, 0) is 30.3 Å². The Morgan fingerprint density at radius 2 is 2.05 bits per heavy atom. The van der Waals surface area contributed by atoms with E-state index in [0.717, 1.165) is 25.6 Å². The molecule has 1 fully saturated rings. The van der Waals surface area contributed by atoms with Crippen LogP contribution in [0.3, 0.4) is 0 Å². The van der Waals surface area contributed by atoms with Gasteiger partial charge in [0.15, 0.2) is 0 Å². The van der Waals surface area contributed by atoms with E-state index in [0.29, 0.717) is 17.5 Å². The van der Waals surface area contributed by atoms with Gasteiger partial charge in [0.2, 0.25) is 0 Å². The van der Waals surface area contributed by atoms with E-state index in [1.165, 1.54) is 12.0 Å². The first-order valence-corrected chi connectivity index (χ1v) is 7.91. The minimum absolute atomic E-state index is 0.305. The van der Waals surface area contributed by atoms with E-state index in [2.05, 4.69) is 51.8 Å². The zero-order valence-electron chi connectivity index (χ0n) is 13.5. The van der Waals surface area contributed by atoms with E-state index in [1.807, 2.05) is 0 Å². The predicted molar refractivity (Wildman–Crippen MR) is 85.7 cm³/mol. The lowest BCUT2D eigenvalue weighted by molar-refractivity contribution is 0.0830. The summed E-state index contributed by atoms with van der Waals surface area (Å²) >= 11 is 5.85. The molecule has 0 aliphatic carbocycles. The summed E-state index contributed by atoms with van der Waals surface area (Å²) in [6, 6.07) is 1.18. The second-order valence-electron chi connectivity index (χ2n) is 7.50. The Bertz CT molecular complexity index is 304. The van der Waals surface area contributed by atoms with Crippen molar-refractivity contribution in [3.05, 3.63) is 11.1 Å². The Balaban J connectivity index is 2.74. The Hall–Kier alpha value is -0.0500. The van der Waals surface area contributed by atoms with Gasteiger partial charge in [-0.15, -0.1) is 0 Å². The van der Waals surface area contributed by atoms with E-state index < -0.39 is 0 Å². The Morgan fingerprint density at radius 3 is 2.53 bits per heavy atom. The van der Waals surface area contributed by atoms with Crippen molar-refractivity contribution in [3.8, 4) is 0 Å². The summed E-state index contributed by atoms with van der Waals surface area (Å²) in [4.78, 5) is 2.61. The molecular weight excluding hydrogens is 256 g/mol. The second kappa shape index (κ2) is 7.10. The molecule has 1 rings (SSSR count). The zero-order chi connectivity index (χ0) is 14.6. The number of rotatable bonds is 4. The molecule has 0 bridgehead atoms. The average molecular weight is 287 g/mol. The number of halogens is 1. The monoisotopic (exact) mass is 286 g/mol. The molecular formula is C16H31ClN2. The second-order valence-corrected chi connectivity index (χ2v) is 7.71. The van der Waals surface area contributed by atoms with Crippen molar-refractivity contribution in [1.29, 1.82) is 0 Å². The van der Waals surface area contributed by atoms with E-state index in [4.69, 9.17) is 11.6 Å². The van der Waals surface area contributed by atoms with Crippen LogP contribution in [0, 0.1) is 11.3 Å². The van der Waals surface area contributed by atoms with Crippen LogP contribution in [0.5, 0.6) is 0 Å². The number of nitrogens with one attached hydrogen (secondary N) is 1. The molecule has 2 nitrogen and oxygen atoms in total. The molecule has 112 valence electrons. The molecule has 3 heteroatoms. The molecule has 0 aromatic heterocycles. The molecule has 1 N–H and O–H groups in total. The normalized spacial score (nSPS) is 27.1. The molecule has 0 spiro atoms. The summed E-state index contributed by atoms with van der Waals surface area (Å²) in [6.45, 7) is 16.9. The zero-order valence-corrected chi connectivity index (χ0v) is 14.2. The minimum atomic E-state index is 0.305. The van der Waals surface area contributed by atoms with Crippen LogP contribution in [-0.4, -0.2) is 36.6 Å². The van der Waals surface area contributed by atoms with Gasteiger partial charge < -0.3 is 5.32 Å². The summed E-state index contributed by atoms with van der Waals surface area (Å²) in [5.41, 5.74) is 3.28. The van der Waals surface area contributed by atoms with E-state index in [1.54, 1.807) is 5.54 Å². The molecule has 0 aromatic rings. The first-order valence-electron chi connectivity index (χ1n) is 7.47. The summed E-state index contributed by atoms with van der Waals surface area (Å²) in [6.07, 6.45) is 1.25. The summed E-state index contributed by atoms with van der Waals surface area (Å²) < 4.78 is 0. The van der Waals surface area contributed by atoms with Crippen LogP contribution >= 0.6 is 11.6 Å². The van der Waals surface area contributed by atoms with Crippen LogP contribution in [0.1, 0.15) is 48.0 Å². The fraction of sp³-hybridized carbons (Fsp3) is 0.875. The highest BCUT2D eigenvalue weighted by Gasteiger charge is 2.34. The van der Waals surface area contributed by atoms with Gasteiger partial charge in [-0.1, -0.05) is 46.2 Å². The van der Waals surface area contributed by atoms with Crippen LogP contribution in [0.15, 0.2) is 11.1 Å². The Morgan fingerprint density at radius 1 is 1.42 bits per heavy atom. The third kappa shape index (κ3) is 5.45. The summed E-state index contributed by atoms with van der Waals surface area (Å²) in [5, 5.41) is 3.74. The number of nitrogens with zero attached hydrogens (tertiary/aromatic N) is 1. The maximum absolute atomic E-state index is 5.85. The maximum atomic E-state index is 5.85. The van der Waals surface area contributed by atoms with Crippen molar-refractivity contribution in [2.45, 2.75) is 60.0 Å². The van der Waals surface area contributed by atoms with Crippen molar-refractivity contribution in [2.75, 3.05) is 19.6 Å². The van der Waals surface area contributed by atoms with Crippen LogP contribution < -0.4 is 5.32 Å². The molecule has 19 heavy (non-hydrogen) atoms. The van der Waals surface area contributed by atoms with Crippen molar-refractivity contribution in [3.63, 3.8) is 0 Å². The van der Waals surface area contributed by atoms with Crippen molar-refractivity contribution >= 4 is 11.6 Å². The highest BCUT2D eigenvalue weighted by molar-refractivity contribution is 6.25. The highest BCUT2D eigenvalue weighted by Crippen LogP contribution is 2.26. The molecule has 0 saturated carbocycles. The molecule has 1 aliphatic heterocycles. The van der Waals surface area contributed by atoms with Gasteiger partial charge in [-0.25, -0.2) is 0 Å². The first kappa shape index (κ1) is 17.0. The van der Waals surface area contributed by atoms with Crippen molar-refractivity contribution < 1.29 is 0 Å². The van der Waals surface area contributed by atoms with Gasteiger partial charge in [0.05, 0.1) is 0 Å². The SMILES string of the molecule is CC(=CCl)CN1CC(C(C)(C)C)NCC1CC(C)C. The van der Waals surface area contributed by atoms with Gasteiger partial charge in [-0.2, -0.15) is 0 Å². The fourth-order valence-electron chi connectivity index (χ4n) is 2.76. The largest absolute Gasteiger partial charge is 0.311 e. The van der Waals surface area contributed by atoms with Crippen molar-refractivity contribution in [1.82, 2.24) is 10.2 Å². The number of hydrogen-bond donors (Lipinski definition) is 1. The third-order valence-electron chi connectivity index (χ3n) is 3.96. The molecule has 1 saturated heterocycles. The van der Waals surface area contributed by atoms with Crippen LogP contribution in [0.4, 0.5) is 0 Å². The topological polar surface area (TPSA) is 15.3 Å². The van der Waals surface area contributed by atoms with Gasteiger partial charge in [0.1, 0.15) is 0 Å². The van der Waals surface area contributed by atoms with E-state index in [9.17, 15) is 0 Å². The van der Waals surface area contributed by atoms with Gasteiger partial charge in [0.25, 0.3) is 0 Å². The first-order chi connectivity index (χ1) is 8.74. The average Bonchev–Trinajstić information content (AvgIpc) is 2.29. The van der Waals surface area contributed by atoms with Gasteiger partial charge >= 0.3 is 0 Å². The molecule has 2 atom stereocenters. The molecule has 1 aliphatic rings. The fourth-order valence-corrected chi connectivity index (χ4v) is 2.83. The standard InChI is InChI=1S/C16H31ClN2/c1-12(2)7-14-9-18-15(16(4,5)6)11-19(14)10-13(3)8-17/h8,12,14-15,18H,7,9-11H2,1-6H3. The smallest absolute Gasteiger partial charge is 0.0244 e.